The van der Waals surface area contributed by atoms with Crippen molar-refractivity contribution in [3.8, 4) is 5.75 Å². The first-order valence-electron chi connectivity index (χ1n) is 6.39. The quantitative estimate of drug-likeness (QED) is 0.601. The molecule has 1 fully saturated rings. The molecule has 0 atom stereocenters. The number of carbonyl (C=O) groups excluding carboxylic acids is 1. The number of anilines is 1. The number of morpholine rings is 1. The van der Waals surface area contributed by atoms with Gasteiger partial charge in [0.05, 0.1) is 25.9 Å². The van der Waals surface area contributed by atoms with E-state index in [1.807, 2.05) is 18.2 Å². The van der Waals surface area contributed by atoms with Crippen LogP contribution >= 0.6 is 0 Å². The van der Waals surface area contributed by atoms with Gasteiger partial charge in [0, 0.05) is 24.8 Å². The Morgan fingerprint density at radius 3 is 2.74 bits per heavy atom. The number of hydrogen-bond donors (Lipinski definition) is 0. The van der Waals surface area contributed by atoms with E-state index in [9.17, 15) is 4.79 Å². The van der Waals surface area contributed by atoms with Crippen LogP contribution in [0.2, 0.25) is 0 Å². The summed E-state index contributed by atoms with van der Waals surface area (Å²) in [7, 11) is 1.58. The van der Waals surface area contributed by atoms with E-state index in [0.717, 1.165) is 50.3 Å². The van der Waals surface area contributed by atoms with Crippen LogP contribution in [0.5, 0.6) is 5.75 Å². The summed E-state index contributed by atoms with van der Waals surface area (Å²) in [5.74, 6) is 0.615. The van der Waals surface area contributed by atoms with Crippen LogP contribution in [-0.2, 0) is 11.2 Å². The van der Waals surface area contributed by atoms with E-state index >= 15 is 0 Å². The highest BCUT2D eigenvalue weighted by Crippen LogP contribution is 2.30. The van der Waals surface area contributed by atoms with Crippen LogP contribution in [0, 0.1) is 0 Å². The lowest BCUT2D eigenvalue weighted by Gasteiger charge is -2.31. The highest BCUT2D eigenvalue weighted by Gasteiger charge is 2.17. The third kappa shape index (κ3) is 2.96. The van der Waals surface area contributed by atoms with E-state index in [0.29, 0.717) is 11.3 Å². The SMILES string of the molecule is C=CCc1cc(C=O)c(OC)cc1N1CCOCC1. The number of carbonyl (C=O) groups is 1. The van der Waals surface area contributed by atoms with Crippen LogP contribution in [0.1, 0.15) is 15.9 Å². The molecule has 4 heteroatoms. The van der Waals surface area contributed by atoms with E-state index < -0.39 is 0 Å². The number of aldehydes is 1. The molecule has 1 heterocycles. The zero-order valence-electron chi connectivity index (χ0n) is 11.2. The summed E-state index contributed by atoms with van der Waals surface area (Å²) in [6, 6.07) is 3.83. The van der Waals surface area contributed by atoms with E-state index in [2.05, 4.69) is 11.5 Å². The number of benzene rings is 1. The number of allylic oxidation sites excluding steroid dienone is 1. The van der Waals surface area contributed by atoms with Gasteiger partial charge in [-0.25, -0.2) is 0 Å². The molecule has 4 nitrogen and oxygen atoms in total. The lowest BCUT2D eigenvalue weighted by molar-refractivity contribution is 0.112. The Balaban J connectivity index is 2.42. The van der Waals surface area contributed by atoms with Gasteiger partial charge in [0.1, 0.15) is 5.75 Å². The molecule has 1 aromatic carbocycles. The molecule has 19 heavy (non-hydrogen) atoms. The number of rotatable bonds is 5. The van der Waals surface area contributed by atoms with Crippen molar-refractivity contribution in [2.75, 3.05) is 38.3 Å². The Bertz CT molecular complexity index is 465. The number of ether oxygens (including phenoxy) is 2. The summed E-state index contributed by atoms with van der Waals surface area (Å²) in [5, 5.41) is 0. The molecule has 2 rings (SSSR count). The molecule has 0 spiro atoms. The van der Waals surface area contributed by atoms with Crippen LogP contribution in [-0.4, -0.2) is 39.7 Å². The predicted octanol–water partition coefficient (Wildman–Crippen LogP) is 2.07. The van der Waals surface area contributed by atoms with Gasteiger partial charge in [-0.3, -0.25) is 4.79 Å². The molecule has 0 radical (unpaired) electrons. The zero-order valence-corrected chi connectivity index (χ0v) is 11.2. The maximum Gasteiger partial charge on any atom is 0.153 e. The number of nitrogens with zero attached hydrogens (tertiary/aromatic N) is 1. The summed E-state index contributed by atoms with van der Waals surface area (Å²) in [4.78, 5) is 13.4. The smallest absolute Gasteiger partial charge is 0.153 e. The minimum Gasteiger partial charge on any atom is -0.496 e. The van der Waals surface area contributed by atoms with Gasteiger partial charge < -0.3 is 14.4 Å². The standard InChI is InChI=1S/C15H19NO3/c1-3-4-12-9-13(11-17)15(18-2)10-14(12)16-5-7-19-8-6-16/h3,9-11H,1,4-8H2,2H3. The monoisotopic (exact) mass is 261 g/mol. The van der Waals surface area contributed by atoms with Crippen molar-refractivity contribution in [1.29, 1.82) is 0 Å². The van der Waals surface area contributed by atoms with Gasteiger partial charge in [-0.2, -0.15) is 0 Å². The normalized spacial score (nSPS) is 15.1. The first-order chi connectivity index (χ1) is 9.30. The molecule has 0 unspecified atom stereocenters. The summed E-state index contributed by atoms with van der Waals surface area (Å²) >= 11 is 0. The minimum atomic E-state index is 0.580. The average molecular weight is 261 g/mol. The van der Waals surface area contributed by atoms with Crippen LogP contribution < -0.4 is 9.64 Å². The summed E-state index contributed by atoms with van der Waals surface area (Å²) in [5.41, 5.74) is 2.78. The number of methoxy groups -OCH3 is 1. The minimum absolute atomic E-state index is 0.580. The van der Waals surface area contributed by atoms with Crippen molar-refractivity contribution < 1.29 is 14.3 Å². The highest BCUT2D eigenvalue weighted by atomic mass is 16.5. The maximum atomic E-state index is 11.1. The lowest BCUT2D eigenvalue weighted by Crippen LogP contribution is -2.36. The molecule has 1 saturated heterocycles. The second kappa shape index (κ2) is 6.38. The third-order valence-corrected chi connectivity index (χ3v) is 3.27. The molecular formula is C15H19NO3. The van der Waals surface area contributed by atoms with Crippen LogP contribution in [0.3, 0.4) is 0 Å². The topological polar surface area (TPSA) is 38.8 Å². The summed E-state index contributed by atoms with van der Waals surface area (Å²) < 4.78 is 10.7. The zero-order chi connectivity index (χ0) is 13.7. The van der Waals surface area contributed by atoms with Gasteiger partial charge in [-0.05, 0) is 18.1 Å². The van der Waals surface area contributed by atoms with Gasteiger partial charge >= 0.3 is 0 Å². The van der Waals surface area contributed by atoms with Crippen molar-refractivity contribution >= 4 is 12.0 Å². The fourth-order valence-electron chi connectivity index (χ4n) is 2.32. The van der Waals surface area contributed by atoms with Gasteiger partial charge in [0.25, 0.3) is 0 Å². The fraction of sp³-hybridized carbons (Fsp3) is 0.400. The van der Waals surface area contributed by atoms with Crippen molar-refractivity contribution in [3.05, 3.63) is 35.9 Å². The van der Waals surface area contributed by atoms with Crippen LogP contribution in [0.4, 0.5) is 5.69 Å². The van der Waals surface area contributed by atoms with Gasteiger partial charge in [-0.15, -0.1) is 6.58 Å². The molecular weight excluding hydrogens is 242 g/mol. The summed E-state index contributed by atoms with van der Waals surface area (Å²) in [6.07, 6.45) is 3.41. The first kappa shape index (κ1) is 13.6. The van der Waals surface area contributed by atoms with Crippen LogP contribution in [0.25, 0.3) is 0 Å². The Morgan fingerprint density at radius 2 is 2.16 bits per heavy atom. The van der Waals surface area contributed by atoms with Crippen molar-refractivity contribution in [2.45, 2.75) is 6.42 Å². The Labute approximate surface area is 113 Å². The molecule has 0 N–H and O–H groups in total. The Hall–Kier alpha value is -1.81. The van der Waals surface area contributed by atoms with E-state index in [1.54, 1.807) is 7.11 Å². The highest BCUT2D eigenvalue weighted by molar-refractivity contribution is 5.82. The van der Waals surface area contributed by atoms with E-state index in [4.69, 9.17) is 9.47 Å². The molecule has 1 aliphatic heterocycles. The Kier molecular flexibility index (Phi) is 4.58. The van der Waals surface area contributed by atoms with E-state index in [1.165, 1.54) is 0 Å². The van der Waals surface area contributed by atoms with Crippen molar-refractivity contribution in [3.63, 3.8) is 0 Å². The van der Waals surface area contributed by atoms with Gasteiger partial charge in [-0.1, -0.05) is 6.08 Å². The van der Waals surface area contributed by atoms with Crippen molar-refractivity contribution in [2.24, 2.45) is 0 Å². The van der Waals surface area contributed by atoms with Gasteiger partial charge in [0.2, 0.25) is 0 Å². The number of hydrogen-bond acceptors (Lipinski definition) is 4. The van der Waals surface area contributed by atoms with Gasteiger partial charge in [0.15, 0.2) is 6.29 Å². The molecule has 0 amide bonds. The second-order valence-electron chi connectivity index (χ2n) is 4.43. The Morgan fingerprint density at radius 1 is 1.42 bits per heavy atom. The molecule has 1 aliphatic rings. The lowest BCUT2D eigenvalue weighted by atomic mass is 10.0. The first-order valence-corrected chi connectivity index (χ1v) is 6.39. The fourth-order valence-corrected chi connectivity index (χ4v) is 2.32. The average Bonchev–Trinajstić information content (AvgIpc) is 2.48. The molecule has 102 valence electrons. The maximum absolute atomic E-state index is 11.1. The second-order valence-corrected chi connectivity index (χ2v) is 4.43. The third-order valence-electron chi connectivity index (χ3n) is 3.27. The van der Waals surface area contributed by atoms with Crippen molar-refractivity contribution in [1.82, 2.24) is 0 Å². The molecule has 0 aliphatic carbocycles. The van der Waals surface area contributed by atoms with E-state index in [-0.39, 0.29) is 0 Å². The molecule has 0 bridgehead atoms. The molecule has 1 aromatic rings. The van der Waals surface area contributed by atoms with Crippen LogP contribution in [0.15, 0.2) is 24.8 Å². The molecule has 0 saturated carbocycles. The largest absolute Gasteiger partial charge is 0.496 e. The molecule has 0 aromatic heterocycles. The summed E-state index contributed by atoms with van der Waals surface area (Å²) in [6.45, 7) is 6.94. The predicted molar refractivity (Wildman–Crippen MR) is 75.3 cm³/mol.